The van der Waals surface area contributed by atoms with Crippen LogP contribution in [0.3, 0.4) is 0 Å². The number of aldehydes is 1. The first-order valence-electron chi connectivity index (χ1n) is 3.12. The molecule has 0 aliphatic heterocycles. The Hall–Kier alpha value is -1.15. The molecule has 15 heavy (non-hydrogen) atoms. The standard InChI is InChI=1S/C6H2F8O/c7-3(1-2-15)4(8,9)5(10,11)6(12,13)14/h1-2H/b3-1+. The first kappa shape index (κ1) is 13.8. The van der Waals surface area contributed by atoms with Crippen LogP contribution in [0.15, 0.2) is 11.9 Å². The molecule has 0 radical (unpaired) electrons. The Kier molecular flexibility index (Phi) is 3.49. The number of carbonyl (C=O) groups is 1. The summed E-state index contributed by atoms with van der Waals surface area (Å²) < 4.78 is 94.8. The minimum atomic E-state index is -6.62. The lowest BCUT2D eigenvalue weighted by molar-refractivity contribution is -0.347. The largest absolute Gasteiger partial charge is 0.460 e. The summed E-state index contributed by atoms with van der Waals surface area (Å²) in [6, 6.07) is 0. The molecule has 0 aliphatic carbocycles. The fourth-order valence-corrected chi connectivity index (χ4v) is 0.492. The van der Waals surface area contributed by atoms with Crippen molar-refractivity contribution in [1.29, 1.82) is 0 Å². The summed E-state index contributed by atoms with van der Waals surface area (Å²) >= 11 is 0. The summed E-state index contributed by atoms with van der Waals surface area (Å²) in [5, 5.41) is 0. The molecule has 0 N–H and O–H groups in total. The van der Waals surface area contributed by atoms with E-state index in [0.717, 1.165) is 0 Å². The molecule has 0 aliphatic rings. The van der Waals surface area contributed by atoms with Crippen LogP contribution in [-0.2, 0) is 4.79 Å². The normalized spacial score (nSPS) is 15.3. The van der Waals surface area contributed by atoms with Crippen molar-refractivity contribution < 1.29 is 39.9 Å². The molecule has 0 bridgehead atoms. The minimum Gasteiger partial charge on any atom is -0.298 e. The molecule has 0 aromatic rings. The average Bonchev–Trinajstić information content (AvgIpc) is 2.02. The molecule has 9 heteroatoms. The first-order chi connectivity index (χ1) is 6.48. The lowest BCUT2D eigenvalue weighted by Crippen LogP contribution is -2.52. The molecule has 0 rings (SSSR count). The maximum Gasteiger partial charge on any atom is 0.460 e. The van der Waals surface area contributed by atoms with Gasteiger partial charge in [0.2, 0.25) is 0 Å². The van der Waals surface area contributed by atoms with Crippen LogP contribution in [0.25, 0.3) is 0 Å². The fourth-order valence-electron chi connectivity index (χ4n) is 0.492. The zero-order valence-electron chi connectivity index (χ0n) is 6.59. The van der Waals surface area contributed by atoms with Gasteiger partial charge in [-0.1, -0.05) is 0 Å². The number of halogens is 8. The summed E-state index contributed by atoms with van der Waals surface area (Å²) in [6.45, 7) is 0. The van der Waals surface area contributed by atoms with Gasteiger partial charge in [-0.15, -0.1) is 0 Å². The van der Waals surface area contributed by atoms with Crippen LogP contribution in [0.5, 0.6) is 0 Å². The van der Waals surface area contributed by atoms with Gasteiger partial charge in [0.05, 0.1) is 0 Å². The Bertz CT molecular complexity index is 275. The van der Waals surface area contributed by atoms with Crippen molar-refractivity contribution >= 4 is 6.29 Å². The topological polar surface area (TPSA) is 17.1 Å². The van der Waals surface area contributed by atoms with Crippen LogP contribution in [0.1, 0.15) is 0 Å². The van der Waals surface area contributed by atoms with Crippen molar-refractivity contribution in [2.24, 2.45) is 0 Å². The molecule has 0 fully saturated rings. The van der Waals surface area contributed by atoms with E-state index in [1.165, 1.54) is 0 Å². The average molecular weight is 242 g/mol. The smallest absolute Gasteiger partial charge is 0.298 e. The van der Waals surface area contributed by atoms with E-state index in [1.807, 2.05) is 0 Å². The second-order valence-corrected chi connectivity index (χ2v) is 2.30. The Morgan fingerprint density at radius 3 is 1.60 bits per heavy atom. The van der Waals surface area contributed by atoms with Crippen molar-refractivity contribution in [2.45, 2.75) is 18.0 Å². The Morgan fingerprint density at radius 2 is 1.33 bits per heavy atom. The minimum absolute atomic E-state index is 0.671. The maximum atomic E-state index is 12.2. The molecule has 0 spiro atoms. The molecule has 0 unspecified atom stereocenters. The van der Waals surface area contributed by atoms with E-state index in [4.69, 9.17) is 0 Å². The summed E-state index contributed by atoms with van der Waals surface area (Å²) in [6.07, 6.45) is -8.00. The zero-order chi connectivity index (χ0) is 12.5. The van der Waals surface area contributed by atoms with Crippen LogP contribution in [-0.4, -0.2) is 24.3 Å². The van der Waals surface area contributed by atoms with E-state index in [-0.39, 0.29) is 0 Å². The van der Waals surface area contributed by atoms with E-state index in [0.29, 0.717) is 0 Å². The predicted octanol–water partition coefficient (Wildman–Crippen LogP) is 2.87. The van der Waals surface area contributed by atoms with E-state index in [1.54, 1.807) is 0 Å². The second-order valence-electron chi connectivity index (χ2n) is 2.30. The van der Waals surface area contributed by atoms with E-state index >= 15 is 0 Å². The number of hydrogen-bond donors (Lipinski definition) is 0. The molecule has 0 saturated carbocycles. The van der Waals surface area contributed by atoms with E-state index < -0.39 is 36.2 Å². The molecule has 0 heterocycles. The highest BCUT2D eigenvalue weighted by Gasteiger charge is 2.74. The first-order valence-corrected chi connectivity index (χ1v) is 3.12. The Labute approximate surface area is 77.4 Å². The third-order valence-electron chi connectivity index (χ3n) is 1.26. The lowest BCUT2D eigenvalue weighted by Gasteiger charge is -2.26. The Balaban J connectivity index is 5.37. The number of rotatable bonds is 3. The highest BCUT2D eigenvalue weighted by Crippen LogP contribution is 2.49. The summed E-state index contributed by atoms with van der Waals surface area (Å²) in [5.41, 5.74) is 0. The third kappa shape index (κ3) is 2.26. The van der Waals surface area contributed by atoms with Gasteiger partial charge in [-0.05, 0) is 0 Å². The van der Waals surface area contributed by atoms with Crippen molar-refractivity contribution in [1.82, 2.24) is 0 Å². The van der Waals surface area contributed by atoms with Crippen LogP contribution in [0.4, 0.5) is 35.1 Å². The molecule has 0 atom stereocenters. The number of alkyl halides is 7. The monoisotopic (exact) mass is 242 g/mol. The van der Waals surface area contributed by atoms with Crippen LogP contribution in [0, 0.1) is 0 Å². The maximum absolute atomic E-state index is 12.2. The van der Waals surface area contributed by atoms with Gasteiger partial charge >= 0.3 is 18.0 Å². The highest BCUT2D eigenvalue weighted by atomic mass is 19.4. The summed E-state index contributed by atoms with van der Waals surface area (Å²) in [7, 11) is 0. The van der Waals surface area contributed by atoms with Gasteiger partial charge in [0, 0.05) is 6.08 Å². The molecule has 0 amide bonds. The van der Waals surface area contributed by atoms with Gasteiger partial charge in [0.1, 0.15) is 6.29 Å². The van der Waals surface area contributed by atoms with E-state index in [9.17, 15) is 39.9 Å². The number of allylic oxidation sites excluding steroid dienone is 2. The van der Waals surface area contributed by atoms with Crippen molar-refractivity contribution in [3.05, 3.63) is 11.9 Å². The third-order valence-corrected chi connectivity index (χ3v) is 1.26. The number of hydrogen-bond acceptors (Lipinski definition) is 1. The van der Waals surface area contributed by atoms with Crippen molar-refractivity contribution in [3.63, 3.8) is 0 Å². The fraction of sp³-hybridized carbons (Fsp3) is 0.500. The quantitative estimate of drug-likeness (QED) is 0.422. The van der Waals surface area contributed by atoms with Gasteiger partial charge in [0.15, 0.2) is 5.83 Å². The van der Waals surface area contributed by atoms with Crippen LogP contribution >= 0.6 is 0 Å². The van der Waals surface area contributed by atoms with Crippen molar-refractivity contribution in [2.75, 3.05) is 0 Å². The molecular weight excluding hydrogens is 240 g/mol. The van der Waals surface area contributed by atoms with Gasteiger partial charge in [-0.25, -0.2) is 4.39 Å². The second kappa shape index (κ2) is 3.78. The van der Waals surface area contributed by atoms with E-state index in [2.05, 4.69) is 0 Å². The van der Waals surface area contributed by atoms with Crippen LogP contribution in [0.2, 0.25) is 0 Å². The zero-order valence-corrected chi connectivity index (χ0v) is 6.59. The Morgan fingerprint density at radius 1 is 0.933 bits per heavy atom. The van der Waals surface area contributed by atoms with Gasteiger partial charge in [0.25, 0.3) is 0 Å². The molecule has 1 nitrogen and oxygen atoms in total. The molecule has 0 aromatic carbocycles. The van der Waals surface area contributed by atoms with Gasteiger partial charge in [-0.3, -0.25) is 4.79 Å². The highest BCUT2D eigenvalue weighted by molar-refractivity contribution is 5.66. The molecule has 0 aromatic heterocycles. The van der Waals surface area contributed by atoms with Gasteiger partial charge < -0.3 is 0 Å². The van der Waals surface area contributed by atoms with Gasteiger partial charge in [-0.2, -0.15) is 30.7 Å². The predicted molar refractivity (Wildman–Crippen MR) is 31.2 cm³/mol. The summed E-state index contributed by atoms with van der Waals surface area (Å²) in [5.74, 6) is -15.8. The molecule has 0 saturated heterocycles. The van der Waals surface area contributed by atoms with Crippen LogP contribution < -0.4 is 0 Å². The molecule has 88 valence electrons. The molecular formula is C6H2F8O. The summed E-state index contributed by atoms with van der Waals surface area (Å²) in [4.78, 5) is 9.46. The number of carbonyl (C=O) groups excluding carboxylic acids is 1. The van der Waals surface area contributed by atoms with Crippen molar-refractivity contribution in [3.8, 4) is 0 Å². The SMILES string of the molecule is O=C/C=C(/F)C(F)(F)C(F)(F)C(F)(F)F. The lowest BCUT2D eigenvalue weighted by atomic mass is 10.1.